The minimum Gasteiger partial charge on any atom is -0.424 e. The number of halogens is 2. The molecule has 0 aromatic heterocycles. The molecular weight excluding hydrogens is 361 g/mol. The van der Waals surface area contributed by atoms with Crippen LogP contribution in [0.25, 0.3) is 0 Å². The Kier molecular flexibility index (Phi) is 8.06. The summed E-state index contributed by atoms with van der Waals surface area (Å²) >= 11 is 11.6. The van der Waals surface area contributed by atoms with Crippen LogP contribution in [0.2, 0.25) is 0 Å². The molecule has 134 valence electrons. The van der Waals surface area contributed by atoms with Gasteiger partial charge in [-0.1, -0.05) is 30.3 Å². The molecule has 6 heteroatoms. The van der Waals surface area contributed by atoms with Gasteiger partial charge in [-0.15, -0.1) is 23.2 Å². The maximum Gasteiger partial charge on any atom is 0.345 e. The van der Waals surface area contributed by atoms with Gasteiger partial charge >= 0.3 is 5.97 Å². The van der Waals surface area contributed by atoms with E-state index in [4.69, 9.17) is 32.7 Å². The van der Waals surface area contributed by atoms with Crippen molar-refractivity contribution in [3.05, 3.63) is 60.2 Å². The molecule has 0 aliphatic carbocycles. The number of hydrogen-bond acceptors (Lipinski definition) is 4. The Morgan fingerprint density at radius 2 is 1.60 bits per heavy atom. The number of hydrogen-bond donors (Lipinski definition) is 0. The highest BCUT2D eigenvalue weighted by Crippen LogP contribution is 2.23. The van der Waals surface area contributed by atoms with Crippen LogP contribution < -0.4 is 9.64 Å². The molecule has 0 saturated heterocycles. The molecule has 0 spiro atoms. The summed E-state index contributed by atoms with van der Waals surface area (Å²) in [6, 6.07) is 16.5. The van der Waals surface area contributed by atoms with Gasteiger partial charge < -0.3 is 14.4 Å². The first-order valence-corrected chi connectivity index (χ1v) is 9.03. The van der Waals surface area contributed by atoms with E-state index in [0.29, 0.717) is 30.6 Å². The fraction of sp³-hybridized carbons (Fsp3) is 0.316. The third-order valence-electron chi connectivity index (χ3n) is 3.68. The van der Waals surface area contributed by atoms with Crippen molar-refractivity contribution in [2.45, 2.75) is 6.10 Å². The highest BCUT2D eigenvalue weighted by molar-refractivity contribution is 6.18. The van der Waals surface area contributed by atoms with Gasteiger partial charge in [0.25, 0.3) is 0 Å². The van der Waals surface area contributed by atoms with Crippen LogP contribution in [-0.4, -0.2) is 37.9 Å². The zero-order chi connectivity index (χ0) is 18.1. The van der Waals surface area contributed by atoms with Crippen LogP contribution in [0, 0.1) is 0 Å². The summed E-state index contributed by atoms with van der Waals surface area (Å²) in [4.78, 5) is 14.5. The molecule has 2 aromatic rings. The number of alkyl halides is 2. The van der Waals surface area contributed by atoms with Gasteiger partial charge in [0.05, 0.1) is 0 Å². The van der Waals surface area contributed by atoms with E-state index in [1.54, 1.807) is 12.1 Å². The summed E-state index contributed by atoms with van der Waals surface area (Å²) in [7, 11) is 1.48. The normalized spacial score (nSPS) is 11.8. The summed E-state index contributed by atoms with van der Waals surface area (Å²) in [6.07, 6.45) is -0.759. The van der Waals surface area contributed by atoms with Crippen molar-refractivity contribution in [3.8, 4) is 5.75 Å². The van der Waals surface area contributed by atoms with Gasteiger partial charge in [0.1, 0.15) is 5.75 Å². The molecule has 0 fully saturated rings. The van der Waals surface area contributed by atoms with Gasteiger partial charge in [-0.2, -0.15) is 0 Å². The first-order chi connectivity index (χ1) is 12.2. The molecule has 0 aliphatic rings. The van der Waals surface area contributed by atoms with Crippen molar-refractivity contribution in [1.82, 2.24) is 0 Å². The number of nitrogens with zero attached hydrogens (tertiary/aromatic N) is 1. The third-order valence-corrected chi connectivity index (χ3v) is 4.02. The van der Waals surface area contributed by atoms with Crippen LogP contribution in [0.3, 0.4) is 0 Å². The van der Waals surface area contributed by atoms with Crippen LogP contribution >= 0.6 is 23.2 Å². The highest BCUT2D eigenvalue weighted by Gasteiger charge is 2.22. The Bertz CT molecular complexity index is 643. The van der Waals surface area contributed by atoms with E-state index in [0.717, 1.165) is 11.3 Å². The topological polar surface area (TPSA) is 38.8 Å². The minimum absolute atomic E-state index is 0.458. The van der Waals surface area contributed by atoms with Crippen molar-refractivity contribution in [2.24, 2.45) is 0 Å². The molecule has 0 amide bonds. The number of ether oxygens (including phenoxy) is 2. The number of rotatable bonds is 9. The van der Waals surface area contributed by atoms with Crippen LogP contribution in [0.1, 0.15) is 11.7 Å². The second kappa shape index (κ2) is 10.3. The number of carbonyl (C=O) groups is 1. The lowest BCUT2D eigenvalue weighted by atomic mass is 10.1. The van der Waals surface area contributed by atoms with Gasteiger partial charge in [0.2, 0.25) is 0 Å². The smallest absolute Gasteiger partial charge is 0.345 e. The zero-order valence-electron chi connectivity index (χ0n) is 14.0. The van der Waals surface area contributed by atoms with Crippen LogP contribution in [0.15, 0.2) is 54.6 Å². The number of methoxy groups -OCH3 is 1. The van der Waals surface area contributed by atoms with Crippen molar-refractivity contribution in [2.75, 3.05) is 36.9 Å². The molecule has 0 heterocycles. The van der Waals surface area contributed by atoms with E-state index in [2.05, 4.69) is 4.90 Å². The Labute approximate surface area is 158 Å². The number of benzene rings is 2. The lowest BCUT2D eigenvalue weighted by Gasteiger charge is -2.23. The Hall–Kier alpha value is -1.75. The molecule has 1 atom stereocenters. The monoisotopic (exact) mass is 381 g/mol. The zero-order valence-corrected chi connectivity index (χ0v) is 15.5. The summed E-state index contributed by atoms with van der Waals surface area (Å²) < 4.78 is 10.7. The molecule has 0 radical (unpaired) electrons. The predicted octanol–water partition coefficient (Wildman–Crippen LogP) is 4.26. The number of anilines is 1. The lowest BCUT2D eigenvalue weighted by molar-refractivity contribution is -0.146. The largest absolute Gasteiger partial charge is 0.424 e. The summed E-state index contributed by atoms with van der Waals surface area (Å²) in [5.41, 5.74) is 1.73. The third kappa shape index (κ3) is 5.63. The van der Waals surface area contributed by atoms with Gasteiger partial charge in [-0.25, -0.2) is 4.79 Å². The minimum atomic E-state index is -0.759. The maximum absolute atomic E-state index is 12.4. The van der Waals surface area contributed by atoms with Gasteiger partial charge in [0.15, 0.2) is 6.10 Å². The van der Waals surface area contributed by atoms with Gasteiger partial charge in [-0.3, -0.25) is 0 Å². The fourth-order valence-electron chi connectivity index (χ4n) is 2.46. The van der Waals surface area contributed by atoms with Gasteiger partial charge in [0, 0.05) is 37.6 Å². The van der Waals surface area contributed by atoms with Crippen molar-refractivity contribution in [3.63, 3.8) is 0 Å². The molecule has 0 unspecified atom stereocenters. The molecular formula is C19H21Cl2NO3. The van der Waals surface area contributed by atoms with Crippen molar-refractivity contribution in [1.29, 1.82) is 0 Å². The molecule has 4 nitrogen and oxygen atoms in total. The second-order valence-electron chi connectivity index (χ2n) is 5.31. The standard InChI is InChI=1S/C19H21Cl2NO3/c1-24-18(15-5-3-2-4-6-15)19(23)25-17-9-7-16(8-10-17)22(13-11-20)14-12-21/h2-10,18H,11-14H2,1H3/t18-/m1/s1. The summed E-state index contributed by atoms with van der Waals surface area (Å²) in [5.74, 6) is 1.03. The van der Waals surface area contributed by atoms with E-state index < -0.39 is 12.1 Å². The average Bonchev–Trinajstić information content (AvgIpc) is 2.64. The highest BCUT2D eigenvalue weighted by atomic mass is 35.5. The van der Waals surface area contributed by atoms with E-state index >= 15 is 0 Å². The molecule has 0 N–H and O–H groups in total. The molecule has 0 saturated carbocycles. The second-order valence-corrected chi connectivity index (χ2v) is 6.06. The fourth-order valence-corrected chi connectivity index (χ4v) is 2.87. The van der Waals surface area contributed by atoms with E-state index in [1.807, 2.05) is 42.5 Å². The summed E-state index contributed by atoms with van der Waals surface area (Å²) in [5, 5.41) is 0. The molecule has 0 bridgehead atoms. The van der Waals surface area contributed by atoms with Crippen molar-refractivity contribution >= 4 is 34.9 Å². The lowest BCUT2D eigenvalue weighted by Crippen LogP contribution is -2.27. The van der Waals surface area contributed by atoms with E-state index in [1.165, 1.54) is 7.11 Å². The molecule has 0 aliphatic heterocycles. The summed E-state index contributed by atoms with van der Waals surface area (Å²) in [6.45, 7) is 1.40. The molecule has 2 rings (SSSR count). The van der Waals surface area contributed by atoms with Crippen LogP contribution in [0.5, 0.6) is 5.75 Å². The van der Waals surface area contributed by atoms with Gasteiger partial charge in [-0.05, 0) is 29.8 Å². The van der Waals surface area contributed by atoms with Crippen LogP contribution in [0.4, 0.5) is 5.69 Å². The molecule has 25 heavy (non-hydrogen) atoms. The Morgan fingerprint density at radius 3 is 2.12 bits per heavy atom. The first kappa shape index (κ1) is 19.6. The van der Waals surface area contributed by atoms with Crippen molar-refractivity contribution < 1.29 is 14.3 Å². The Morgan fingerprint density at radius 1 is 1.00 bits per heavy atom. The first-order valence-electron chi connectivity index (χ1n) is 7.96. The Balaban J connectivity index is 2.05. The number of carbonyl (C=O) groups excluding carboxylic acids is 1. The SMILES string of the molecule is CO[C@@H](C(=O)Oc1ccc(N(CCCl)CCCl)cc1)c1ccccc1. The maximum atomic E-state index is 12.4. The number of esters is 1. The average molecular weight is 382 g/mol. The van der Waals surface area contributed by atoms with Crippen LogP contribution in [-0.2, 0) is 9.53 Å². The van der Waals surface area contributed by atoms with E-state index in [9.17, 15) is 4.79 Å². The molecule has 2 aromatic carbocycles. The quantitative estimate of drug-likeness (QED) is 0.369. The van der Waals surface area contributed by atoms with E-state index in [-0.39, 0.29) is 0 Å². The predicted molar refractivity (Wildman–Crippen MR) is 102 cm³/mol.